The second kappa shape index (κ2) is 7.59. The number of carbonyl (C=O) groups excluding carboxylic acids is 1. The summed E-state index contributed by atoms with van der Waals surface area (Å²) in [4.78, 5) is 11.9. The Balaban J connectivity index is 1.87. The first kappa shape index (κ1) is 16.0. The molecule has 0 fully saturated rings. The average molecular weight is 301 g/mol. The first-order chi connectivity index (χ1) is 10.6. The van der Waals surface area contributed by atoms with Gasteiger partial charge in [0.05, 0.1) is 13.5 Å². The van der Waals surface area contributed by atoms with Crippen molar-refractivity contribution in [3.63, 3.8) is 0 Å². The maximum Gasteiger partial charge on any atom is 0.224 e. The standard InChI is InChI=1S/C18H20FNO2/c1-13-7-8-17(22-2)15(11-13)9-10-20-18(21)12-14-5-3-4-6-16(14)19/h3-8,11H,9-10,12H2,1-2H3,(H,20,21). The van der Waals surface area contributed by atoms with Crippen LogP contribution in [0.15, 0.2) is 42.5 Å². The number of halogens is 1. The Labute approximate surface area is 130 Å². The molecule has 0 heterocycles. The summed E-state index contributed by atoms with van der Waals surface area (Å²) in [5.41, 5.74) is 2.61. The number of ether oxygens (including phenoxy) is 1. The minimum atomic E-state index is -0.349. The molecule has 0 saturated heterocycles. The summed E-state index contributed by atoms with van der Waals surface area (Å²) in [6.45, 7) is 2.51. The largest absolute Gasteiger partial charge is 0.496 e. The van der Waals surface area contributed by atoms with E-state index < -0.39 is 0 Å². The fraction of sp³-hybridized carbons (Fsp3) is 0.278. The molecule has 3 nitrogen and oxygen atoms in total. The maximum atomic E-state index is 13.5. The zero-order valence-electron chi connectivity index (χ0n) is 12.9. The summed E-state index contributed by atoms with van der Waals surface area (Å²) < 4.78 is 18.8. The van der Waals surface area contributed by atoms with Crippen molar-refractivity contribution in [2.45, 2.75) is 19.8 Å². The monoisotopic (exact) mass is 301 g/mol. The van der Waals surface area contributed by atoms with E-state index in [1.807, 2.05) is 25.1 Å². The topological polar surface area (TPSA) is 38.3 Å². The number of nitrogens with one attached hydrogen (secondary N) is 1. The molecular formula is C18H20FNO2. The van der Waals surface area contributed by atoms with E-state index in [9.17, 15) is 9.18 Å². The highest BCUT2D eigenvalue weighted by atomic mass is 19.1. The molecule has 1 N–H and O–H groups in total. The van der Waals surface area contributed by atoms with Gasteiger partial charge in [-0.2, -0.15) is 0 Å². The van der Waals surface area contributed by atoms with Gasteiger partial charge in [-0.3, -0.25) is 4.79 Å². The molecule has 2 aromatic carbocycles. The number of hydrogen-bond donors (Lipinski definition) is 1. The van der Waals surface area contributed by atoms with Gasteiger partial charge in [-0.05, 0) is 36.6 Å². The van der Waals surface area contributed by atoms with Crippen molar-refractivity contribution >= 4 is 5.91 Å². The fourth-order valence-electron chi connectivity index (χ4n) is 2.32. The Morgan fingerprint density at radius 3 is 2.68 bits per heavy atom. The van der Waals surface area contributed by atoms with Crippen molar-refractivity contribution in [2.75, 3.05) is 13.7 Å². The molecule has 0 saturated carbocycles. The predicted octanol–water partition coefficient (Wildman–Crippen LogP) is 3.04. The van der Waals surface area contributed by atoms with Gasteiger partial charge in [-0.15, -0.1) is 0 Å². The van der Waals surface area contributed by atoms with Gasteiger partial charge in [0.2, 0.25) is 5.91 Å². The van der Waals surface area contributed by atoms with Gasteiger partial charge in [-0.25, -0.2) is 4.39 Å². The highest BCUT2D eigenvalue weighted by Crippen LogP contribution is 2.19. The highest BCUT2D eigenvalue weighted by molar-refractivity contribution is 5.78. The smallest absolute Gasteiger partial charge is 0.224 e. The molecule has 0 aliphatic rings. The lowest BCUT2D eigenvalue weighted by molar-refractivity contribution is -0.120. The number of rotatable bonds is 6. The molecule has 0 aliphatic heterocycles. The van der Waals surface area contributed by atoms with E-state index in [-0.39, 0.29) is 18.1 Å². The van der Waals surface area contributed by atoms with Crippen LogP contribution in [0, 0.1) is 12.7 Å². The van der Waals surface area contributed by atoms with E-state index in [1.54, 1.807) is 25.3 Å². The number of methoxy groups -OCH3 is 1. The zero-order valence-corrected chi connectivity index (χ0v) is 12.9. The Bertz CT molecular complexity index is 655. The van der Waals surface area contributed by atoms with E-state index in [1.165, 1.54) is 6.07 Å². The number of carbonyl (C=O) groups is 1. The fourth-order valence-corrected chi connectivity index (χ4v) is 2.32. The van der Waals surface area contributed by atoms with Crippen LogP contribution in [0.5, 0.6) is 5.75 Å². The van der Waals surface area contributed by atoms with Crippen molar-refractivity contribution < 1.29 is 13.9 Å². The third-order valence-electron chi connectivity index (χ3n) is 3.46. The van der Waals surface area contributed by atoms with Crippen molar-refractivity contribution in [1.29, 1.82) is 0 Å². The Morgan fingerprint density at radius 1 is 1.18 bits per heavy atom. The summed E-state index contributed by atoms with van der Waals surface area (Å²) in [5, 5.41) is 2.82. The van der Waals surface area contributed by atoms with Gasteiger partial charge in [-0.1, -0.05) is 35.9 Å². The van der Waals surface area contributed by atoms with E-state index in [0.29, 0.717) is 18.5 Å². The van der Waals surface area contributed by atoms with Crippen molar-refractivity contribution in [2.24, 2.45) is 0 Å². The molecule has 0 radical (unpaired) electrons. The SMILES string of the molecule is COc1ccc(C)cc1CCNC(=O)Cc1ccccc1F. The molecule has 116 valence electrons. The third-order valence-corrected chi connectivity index (χ3v) is 3.46. The number of amides is 1. The van der Waals surface area contributed by atoms with Crippen LogP contribution in [0.4, 0.5) is 4.39 Å². The van der Waals surface area contributed by atoms with Crippen LogP contribution in [-0.4, -0.2) is 19.6 Å². The second-order valence-corrected chi connectivity index (χ2v) is 5.18. The van der Waals surface area contributed by atoms with Crippen LogP contribution in [-0.2, 0) is 17.6 Å². The third kappa shape index (κ3) is 4.32. The molecule has 22 heavy (non-hydrogen) atoms. The van der Waals surface area contributed by atoms with Gasteiger partial charge in [0, 0.05) is 6.54 Å². The maximum absolute atomic E-state index is 13.5. The van der Waals surface area contributed by atoms with Crippen LogP contribution in [0.1, 0.15) is 16.7 Å². The predicted molar refractivity (Wildman–Crippen MR) is 84.5 cm³/mol. The number of aryl methyl sites for hydroxylation is 1. The molecule has 0 aromatic heterocycles. The van der Waals surface area contributed by atoms with Gasteiger partial charge >= 0.3 is 0 Å². The van der Waals surface area contributed by atoms with E-state index >= 15 is 0 Å². The molecule has 0 spiro atoms. The van der Waals surface area contributed by atoms with Crippen LogP contribution in [0.2, 0.25) is 0 Å². The van der Waals surface area contributed by atoms with Crippen molar-refractivity contribution in [3.05, 3.63) is 65.0 Å². The van der Waals surface area contributed by atoms with Gasteiger partial charge in [0.25, 0.3) is 0 Å². The van der Waals surface area contributed by atoms with Gasteiger partial charge < -0.3 is 10.1 Å². The Hall–Kier alpha value is -2.36. The van der Waals surface area contributed by atoms with Crippen molar-refractivity contribution in [1.82, 2.24) is 5.32 Å². The zero-order chi connectivity index (χ0) is 15.9. The van der Waals surface area contributed by atoms with Crippen LogP contribution in [0.3, 0.4) is 0 Å². The van der Waals surface area contributed by atoms with Crippen molar-refractivity contribution in [3.8, 4) is 5.75 Å². The Kier molecular flexibility index (Phi) is 5.53. The Morgan fingerprint density at radius 2 is 1.95 bits per heavy atom. The molecule has 2 rings (SSSR count). The van der Waals surface area contributed by atoms with E-state index in [4.69, 9.17) is 4.74 Å². The lowest BCUT2D eigenvalue weighted by atomic mass is 10.1. The minimum absolute atomic E-state index is 0.0532. The van der Waals surface area contributed by atoms with Crippen LogP contribution >= 0.6 is 0 Å². The summed E-state index contributed by atoms with van der Waals surface area (Å²) in [6, 6.07) is 12.3. The van der Waals surface area contributed by atoms with Gasteiger partial charge in [0.15, 0.2) is 0 Å². The quantitative estimate of drug-likeness (QED) is 0.890. The molecule has 2 aromatic rings. The normalized spacial score (nSPS) is 10.3. The first-order valence-electron chi connectivity index (χ1n) is 7.24. The molecule has 1 amide bonds. The van der Waals surface area contributed by atoms with Crippen LogP contribution in [0.25, 0.3) is 0 Å². The molecule has 4 heteroatoms. The van der Waals surface area contributed by atoms with E-state index in [2.05, 4.69) is 5.32 Å². The minimum Gasteiger partial charge on any atom is -0.496 e. The molecule has 0 atom stereocenters. The van der Waals surface area contributed by atoms with Crippen LogP contribution < -0.4 is 10.1 Å². The lowest BCUT2D eigenvalue weighted by Crippen LogP contribution is -2.27. The first-order valence-corrected chi connectivity index (χ1v) is 7.24. The molecular weight excluding hydrogens is 281 g/mol. The van der Waals surface area contributed by atoms with Gasteiger partial charge in [0.1, 0.15) is 11.6 Å². The summed E-state index contributed by atoms with van der Waals surface area (Å²) in [7, 11) is 1.63. The summed E-state index contributed by atoms with van der Waals surface area (Å²) in [6.07, 6.45) is 0.728. The number of hydrogen-bond acceptors (Lipinski definition) is 2. The number of benzene rings is 2. The summed E-state index contributed by atoms with van der Waals surface area (Å²) >= 11 is 0. The van der Waals surface area contributed by atoms with E-state index in [0.717, 1.165) is 16.9 Å². The summed E-state index contributed by atoms with van der Waals surface area (Å²) in [5.74, 6) is 0.281. The molecule has 0 aliphatic carbocycles. The lowest BCUT2D eigenvalue weighted by Gasteiger charge is -2.10. The highest BCUT2D eigenvalue weighted by Gasteiger charge is 2.08. The molecule has 0 bridgehead atoms. The average Bonchev–Trinajstić information content (AvgIpc) is 2.50. The molecule has 0 unspecified atom stereocenters. The second-order valence-electron chi connectivity index (χ2n) is 5.18.